The maximum atomic E-state index is 3.36. The first kappa shape index (κ1) is 15.5. The largest absolute Gasteiger partial charge is 0.319 e. The first-order chi connectivity index (χ1) is 9.65. The molecule has 1 N–H and O–H groups in total. The van der Waals surface area contributed by atoms with Gasteiger partial charge in [-0.15, -0.1) is 0 Å². The van der Waals surface area contributed by atoms with Gasteiger partial charge in [0.05, 0.1) is 0 Å². The predicted octanol–water partition coefficient (Wildman–Crippen LogP) is 3.49. The third-order valence-electron chi connectivity index (χ3n) is 4.46. The standard InChI is InChI=1S/C18H30N2/c1-5-20-11-10-17(13-19-4)18(20)16-8-6-15(7-9-16)12-14(2)3/h6-9,14,17-19H,5,10-13H2,1-4H3. The van der Waals surface area contributed by atoms with Crippen molar-refractivity contribution in [3.8, 4) is 0 Å². The maximum Gasteiger partial charge on any atom is 0.0388 e. The van der Waals surface area contributed by atoms with Gasteiger partial charge in [-0.3, -0.25) is 4.90 Å². The van der Waals surface area contributed by atoms with E-state index in [4.69, 9.17) is 0 Å². The van der Waals surface area contributed by atoms with Crippen molar-refractivity contribution >= 4 is 0 Å². The lowest BCUT2D eigenvalue weighted by atomic mass is 9.92. The van der Waals surface area contributed by atoms with Gasteiger partial charge in [0.1, 0.15) is 0 Å². The summed E-state index contributed by atoms with van der Waals surface area (Å²) in [4.78, 5) is 2.62. The van der Waals surface area contributed by atoms with Gasteiger partial charge in [-0.2, -0.15) is 0 Å². The smallest absolute Gasteiger partial charge is 0.0388 e. The van der Waals surface area contributed by atoms with E-state index in [0.717, 1.165) is 24.9 Å². The molecular weight excluding hydrogens is 244 g/mol. The lowest BCUT2D eigenvalue weighted by Gasteiger charge is -2.28. The highest BCUT2D eigenvalue weighted by atomic mass is 15.2. The molecule has 20 heavy (non-hydrogen) atoms. The molecule has 2 unspecified atom stereocenters. The number of hydrogen-bond donors (Lipinski definition) is 1. The van der Waals surface area contributed by atoms with Crippen LogP contribution in [0.5, 0.6) is 0 Å². The molecule has 1 aliphatic heterocycles. The maximum absolute atomic E-state index is 3.36. The Morgan fingerprint density at radius 1 is 1.25 bits per heavy atom. The molecular formula is C18H30N2. The van der Waals surface area contributed by atoms with Crippen LogP contribution in [0.3, 0.4) is 0 Å². The van der Waals surface area contributed by atoms with Crippen LogP contribution in [-0.4, -0.2) is 31.6 Å². The van der Waals surface area contributed by atoms with E-state index in [1.54, 1.807) is 0 Å². The van der Waals surface area contributed by atoms with Gasteiger partial charge >= 0.3 is 0 Å². The molecule has 0 saturated carbocycles. The molecule has 112 valence electrons. The van der Waals surface area contributed by atoms with Gasteiger partial charge in [0.2, 0.25) is 0 Å². The van der Waals surface area contributed by atoms with Crippen LogP contribution < -0.4 is 5.32 Å². The molecule has 1 saturated heterocycles. The van der Waals surface area contributed by atoms with Crippen LogP contribution in [0.4, 0.5) is 0 Å². The molecule has 2 rings (SSSR count). The SMILES string of the molecule is CCN1CCC(CNC)C1c1ccc(CC(C)C)cc1. The van der Waals surface area contributed by atoms with Crippen LogP contribution in [0.15, 0.2) is 24.3 Å². The summed E-state index contributed by atoms with van der Waals surface area (Å²) >= 11 is 0. The van der Waals surface area contributed by atoms with Gasteiger partial charge in [0.25, 0.3) is 0 Å². The van der Waals surface area contributed by atoms with Crippen molar-refractivity contribution in [2.45, 2.75) is 39.7 Å². The van der Waals surface area contributed by atoms with E-state index in [2.05, 4.69) is 62.3 Å². The minimum Gasteiger partial charge on any atom is -0.319 e. The highest BCUT2D eigenvalue weighted by Crippen LogP contribution is 2.36. The number of nitrogens with zero attached hydrogens (tertiary/aromatic N) is 1. The second-order valence-electron chi connectivity index (χ2n) is 6.52. The zero-order chi connectivity index (χ0) is 14.5. The van der Waals surface area contributed by atoms with Crippen molar-refractivity contribution in [1.82, 2.24) is 10.2 Å². The molecule has 2 nitrogen and oxygen atoms in total. The van der Waals surface area contributed by atoms with Gasteiger partial charge in [-0.25, -0.2) is 0 Å². The van der Waals surface area contributed by atoms with Crippen LogP contribution in [0.1, 0.15) is 44.4 Å². The summed E-state index contributed by atoms with van der Waals surface area (Å²) in [6.45, 7) is 10.4. The molecule has 2 heteroatoms. The fraction of sp³-hybridized carbons (Fsp3) is 0.667. The van der Waals surface area contributed by atoms with E-state index < -0.39 is 0 Å². The van der Waals surface area contributed by atoms with Gasteiger partial charge in [0.15, 0.2) is 0 Å². The number of nitrogens with one attached hydrogen (secondary N) is 1. The van der Waals surface area contributed by atoms with Crippen LogP contribution in [0.25, 0.3) is 0 Å². The molecule has 1 heterocycles. The second-order valence-corrected chi connectivity index (χ2v) is 6.52. The summed E-state index contributed by atoms with van der Waals surface area (Å²) in [5.74, 6) is 1.48. The van der Waals surface area contributed by atoms with Crippen LogP contribution in [-0.2, 0) is 6.42 Å². The summed E-state index contributed by atoms with van der Waals surface area (Å²) in [5.41, 5.74) is 2.96. The minimum absolute atomic E-state index is 0.598. The molecule has 0 spiro atoms. The molecule has 1 aromatic carbocycles. The Balaban J connectivity index is 2.14. The summed E-state index contributed by atoms with van der Waals surface area (Å²) in [6.07, 6.45) is 2.50. The molecule has 0 aliphatic carbocycles. The molecule has 1 fully saturated rings. The first-order valence-corrected chi connectivity index (χ1v) is 8.13. The highest BCUT2D eigenvalue weighted by molar-refractivity contribution is 5.27. The van der Waals surface area contributed by atoms with Crippen molar-refractivity contribution in [3.05, 3.63) is 35.4 Å². The molecule has 0 radical (unpaired) electrons. The Kier molecular flexibility index (Phi) is 5.62. The van der Waals surface area contributed by atoms with Gasteiger partial charge in [0, 0.05) is 6.04 Å². The predicted molar refractivity (Wildman–Crippen MR) is 87.0 cm³/mol. The van der Waals surface area contributed by atoms with E-state index >= 15 is 0 Å². The molecule has 0 amide bonds. The number of hydrogen-bond acceptors (Lipinski definition) is 2. The van der Waals surface area contributed by atoms with Crippen molar-refractivity contribution in [1.29, 1.82) is 0 Å². The summed E-state index contributed by atoms with van der Waals surface area (Å²) < 4.78 is 0. The zero-order valence-corrected chi connectivity index (χ0v) is 13.5. The van der Waals surface area contributed by atoms with Gasteiger partial charge in [-0.05, 0) is 62.5 Å². The molecule has 2 atom stereocenters. The Morgan fingerprint density at radius 3 is 2.50 bits per heavy atom. The van der Waals surface area contributed by atoms with Crippen LogP contribution >= 0.6 is 0 Å². The van der Waals surface area contributed by atoms with Crippen LogP contribution in [0, 0.1) is 11.8 Å². The summed E-state index contributed by atoms with van der Waals surface area (Å²) in [7, 11) is 2.07. The highest BCUT2D eigenvalue weighted by Gasteiger charge is 2.33. The summed E-state index contributed by atoms with van der Waals surface area (Å²) in [6, 6.07) is 9.98. The Morgan fingerprint density at radius 2 is 1.95 bits per heavy atom. The van der Waals surface area contributed by atoms with E-state index in [9.17, 15) is 0 Å². The minimum atomic E-state index is 0.598. The Labute approximate surface area is 124 Å². The monoisotopic (exact) mass is 274 g/mol. The average Bonchev–Trinajstić information content (AvgIpc) is 2.82. The lowest BCUT2D eigenvalue weighted by molar-refractivity contribution is 0.238. The Bertz CT molecular complexity index is 396. The van der Waals surface area contributed by atoms with Crippen molar-refractivity contribution < 1.29 is 0 Å². The Hall–Kier alpha value is -0.860. The van der Waals surface area contributed by atoms with Crippen LogP contribution in [0.2, 0.25) is 0 Å². The normalized spacial score (nSPS) is 23.6. The van der Waals surface area contributed by atoms with Gasteiger partial charge in [-0.1, -0.05) is 45.0 Å². The first-order valence-electron chi connectivity index (χ1n) is 8.13. The molecule has 0 aromatic heterocycles. The van der Waals surface area contributed by atoms with Gasteiger partial charge < -0.3 is 5.32 Å². The molecule has 1 aliphatic rings. The number of likely N-dealkylation sites (tertiary alicyclic amines) is 1. The van der Waals surface area contributed by atoms with Crippen molar-refractivity contribution in [2.75, 3.05) is 26.7 Å². The zero-order valence-electron chi connectivity index (χ0n) is 13.5. The third-order valence-corrected chi connectivity index (χ3v) is 4.46. The second kappa shape index (κ2) is 7.24. The summed E-state index contributed by atoms with van der Waals surface area (Å²) in [5, 5.41) is 3.36. The van der Waals surface area contributed by atoms with E-state index in [1.807, 2.05) is 0 Å². The van der Waals surface area contributed by atoms with Crippen molar-refractivity contribution in [2.24, 2.45) is 11.8 Å². The van der Waals surface area contributed by atoms with E-state index in [-0.39, 0.29) is 0 Å². The number of rotatable bonds is 6. The molecule has 0 bridgehead atoms. The molecule has 1 aromatic rings. The lowest BCUT2D eigenvalue weighted by Crippen LogP contribution is -2.29. The van der Waals surface area contributed by atoms with E-state index in [0.29, 0.717) is 6.04 Å². The number of benzene rings is 1. The third kappa shape index (κ3) is 3.62. The fourth-order valence-electron chi connectivity index (χ4n) is 3.56. The van der Waals surface area contributed by atoms with E-state index in [1.165, 1.54) is 30.5 Å². The average molecular weight is 274 g/mol. The fourth-order valence-corrected chi connectivity index (χ4v) is 3.56. The van der Waals surface area contributed by atoms with Crippen molar-refractivity contribution in [3.63, 3.8) is 0 Å². The topological polar surface area (TPSA) is 15.3 Å². The quantitative estimate of drug-likeness (QED) is 0.854.